The molecule has 2 aromatic carbocycles. The second kappa shape index (κ2) is 5.28. The van der Waals surface area contributed by atoms with Gasteiger partial charge >= 0.3 is 0 Å². The van der Waals surface area contributed by atoms with Gasteiger partial charge in [0.25, 0.3) is 0 Å². The zero-order valence-corrected chi connectivity index (χ0v) is 11.8. The molecule has 0 radical (unpaired) electrons. The minimum absolute atomic E-state index is 0.124. The number of ether oxygens (including phenoxy) is 2. The number of hydrogen-bond donors (Lipinski definition) is 1. The highest BCUT2D eigenvalue weighted by Crippen LogP contribution is 2.40. The van der Waals surface area contributed by atoms with Crippen molar-refractivity contribution in [1.82, 2.24) is 0 Å². The van der Waals surface area contributed by atoms with Gasteiger partial charge in [-0.2, -0.15) is 0 Å². The first-order valence-electron chi connectivity index (χ1n) is 5.91. The molecule has 1 N–H and O–H groups in total. The second-order valence-electron chi connectivity index (χ2n) is 4.27. The normalized spacial score (nSPS) is 12.6. The fourth-order valence-electron chi connectivity index (χ4n) is 1.96. The predicted octanol–water partition coefficient (Wildman–Crippen LogP) is 4.07. The summed E-state index contributed by atoms with van der Waals surface area (Å²) < 4.78 is 38.0. The lowest BCUT2D eigenvalue weighted by molar-refractivity contribution is 0.173. The molecule has 1 heterocycles. The molecule has 0 unspecified atom stereocenters. The molecule has 0 fully saturated rings. The molecule has 3 rings (SSSR count). The number of fused-ring (bicyclic) bond motifs is 1. The maximum atomic E-state index is 13.5. The summed E-state index contributed by atoms with van der Waals surface area (Å²) in [6.45, 7) is 0.527. The standard InChI is InChI=1S/C14H10BrF2NO2/c15-9-4-8(5-12-14(9)20-7-19-12)6-18-11-3-1-2-10(16)13(11)17/h1-5,18H,6-7H2. The van der Waals surface area contributed by atoms with E-state index in [9.17, 15) is 8.78 Å². The topological polar surface area (TPSA) is 30.5 Å². The number of rotatable bonds is 3. The van der Waals surface area contributed by atoms with Crippen LogP contribution in [0, 0.1) is 11.6 Å². The molecule has 1 aliphatic heterocycles. The Bertz CT molecular complexity index is 664. The Kier molecular flexibility index (Phi) is 3.48. The van der Waals surface area contributed by atoms with Crippen LogP contribution in [0.15, 0.2) is 34.8 Å². The third kappa shape index (κ3) is 2.43. The molecule has 1 aliphatic rings. The number of hydrogen-bond acceptors (Lipinski definition) is 3. The van der Waals surface area contributed by atoms with Gasteiger partial charge in [0.05, 0.1) is 10.2 Å². The van der Waals surface area contributed by atoms with Crippen LogP contribution in [0.2, 0.25) is 0 Å². The Morgan fingerprint density at radius 2 is 2.05 bits per heavy atom. The zero-order chi connectivity index (χ0) is 14.1. The van der Waals surface area contributed by atoms with Crippen LogP contribution in [0.4, 0.5) is 14.5 Å². The molecular weight excluding hydrogens is 332 g/mol. The van der Waals surface area contributed by atoms with Crippen LogP contribution in [0.25, 0.3) is 0 Å². The Morgan fingerprint density at radius 3 is 2.90 bits per heavy atom. The molecule has 0 bridgehead atoms. The quantitative estimate of drug-likeness (QED) is 0.912. The van der Waals surface area contributed by atoms with Crippen LogP contribution in [-0.2, 0) is 6.54 Å². The zero-order valence-electron chi connectivity index (χ0n) is 10.3. The van der Waals surface area contributed by atoms with Crippen molar-refractivity contribution in [3.63, 3.8) is 0 Å². The van der Waals surface area contributed by atoms with E-state index >= 15 is 0 Å². The molecule has 0 amide bonds. The first-order valence-corrected chi connectivity index (χ1v) is 6.70. The number of nitrogens with one attached hydrogen (secondary N) is 1. The van der Waals surface area contributed by atoms with E-state index in [2.05, 4.69) is 21.2 Å². The van der Waals surface area contributed by atoms with Crippen molar-refractivity contribution in [2.45, 2.75) is 6.54 Å². The minimum Gasteiger partial charge on any atom is -0.454 e. The molecule has 0 saturated carbocycles. The lowest BCUT2D eigenvalue weighted by atomic mass is 10.2. The van der Waals surface area contributed by atoms with E-state index < -0.39 is 11.6 Å². The highest BCUT2D eigenvalue weighted by atomic mass is 79.9. The molecule has 6 heteroatoms. The molecule has 0 saturated heterocycles. The minimum atomic E-state index is -0.882. The van der Waals surface area contributed by atoms with Gasteiger partial charge in [0.1, 0.15) is 0 Å². The summed E-state index contributed by atoms with van der Waals surface area (Å²) in [5.41, 5.74) is 0.989. The fraction of sp³-hybridized carbons (Fsp3) is 0.143. The molecular formula is C14H10BrF2NO2. The van der Waals surface area contributed by atoms with Gasteiger partial charge in [-0.05, 0) is 45.8 Å². The number of halogens is 3. The molecule has 3 nitrogen and oxygen atoms in total. The van der Waals surface area contributed by atoms with Gasteiger partial charge in [-0.15, -0.1) is 0 Å². The van der Waals surface area contributed by atoms with Crippen LogP contribution >= 0.6 is 15.9 Å². The van der Waals surface area contributed by atoms with Crippen molar-refractivity contribution < 1.29 is 18.3 Å². The van der Waals surface area contributed by atoms with Crippen LogP contribution in [-0.4, -0.2) is 6.79 Å². The van der Waals surface area contributed by atoms with E-state index in [1.807, 2.05) is 6.07 Å². The Labute approximate surface area is 122 Å². The van der Waals surface area contributed by atoms with Crippen LogP contribution < -0.4 is 14.8 Å². The Balaban J connectivity index is 1.79. The summed E-state index contributed by atoms with van der Waals surface area (Å²) in [6, 6.07) is 7.67. The van der Waals surface area contributed by atoms with E-state index in [1.54, 1.807) is 6.07 Å². The number of anilines is 1. The van der Waals surface area contributed by atoms with Crippen LogP contribution in [0.1, 0.15) is 5.56 Å². The lowest BCUT2D eigenvalue weighted by Crippen LogP contribution is -2.02. The van der Waals surface area contributed by atoms with Crippen LogP contribution in [0.5, 0.6) is 11.5 Å². The fourth-order valence-corrected chi connectivity index (χ4v) is 2.56. The van der Waals surface area contributed by atoms with Gasteiger partial charge in [0.2, 0.25) is 6.79 Å². The molecule has 0 aliphatic carbocycles. The highest BCUT2D eigenvalue weighted by Gasteiger charge is 2.18. The van der Waals surface area contributed by atoms with Crippen molar-refractivity contribution in [2.24, 2.45) is 0 Å². The molecule has 0 atom stereocenters. The van der Waals surface area contributed by atoms with E-state index in [0.29, 0.717) is 18.0 Å². The lowest BCUT2D eigenvalue weighted by Gasteiger charge is -2.09. The summed E-state index contributed by atoms with van der Waals surface area (Å²) in [6.07, 6.45) is 0. The van der Waals surface area contributed by atoms with Crippen molar-refractivity contribution in [3.8, 4) is 11.5 Å². The van der Waals surface area contributed by atoms with Crippen molar-refractivity contribution in [3.05, 3.63) is 52.0 Å². The first-order chi connectivity index (χ1) is 9.65. The van der Waals surface area contributed by atoms with Crippen molar-refractivity contribution in [1.29, 1.82) is 0 Å². The summed E-state index contributed by atoms with van der Waals surface area (Å²) in [7, 11) is 0. The first kappa shape index (κ1) is 13.2. The third-order valence-electron chi connectivity index (χ3n) is 2.92. The van der Waals surface area contributed by atoms with Gasteiger partial charge in [-0.1, -0.05) is 6.07 Å². The summed E-state index contributed by atoms with van der Waals surface area (Å²) in [5.74, 6) is -0.462. The monoisotopic (exact) mass is 341 g/mol. The second-order valence-corrected chi connectivity index (χ2v) is 5.12. The van der Waals surface area contributed by atoms with E-state index in [1.165, 1.54) is 12.1 Å². The van der Waals surface area contributed by atoms with E-state index in [-0.39, 0.29) is 12.5 Å². The maximum Gasteiger partial charge on any atom is 0.231 e. The smallest absolute Gasteiger partial charge is 0.231 e. The van der Waals surface area contributed by atoms with Gasteiger partial charge in [0, 0.05) is 6.54 Å². The van der Waals surface area contributed by atoms with Gasteiger partial charge < -0.3 is 14.8 Å². The predicted molar refractivity (Wildman–Crippen MR) is 73.9 cm³/mol. The average molecular weight is 342 g/mol. The van der Waals surface area contributed by atoms with Gasteiger partial charge in [0.15, 0.2) is 23.1 Å². The molecule has 104 valence electrons. The molecule has 2 aromatic rings. The van der Waals surface area contributed by atoms with E-state index in [4.69, 9.17) is 9.47 Å². The summed E-state index contributed by atoms with van der Waals surface area (Å²) >= 11 is 3.38. The van der Waals surface area contributed by atoms with Crippen LogP contribution in [0.3, 0.4) is 0 Å². The molecule has 0 spiro atoms. The Hall–Kier alpha value is -1.82. The molecule has 20 heavy (non-hydrogen) atoms. The number of benzene rings is 2. The average Bonchev–Trinajstić information content (AvgIpc) is 2.89. The van der Waals surface area contributed by atoms with Crippen molar-refractivity contribution in [2.75, 3.05) is 12.1 Å². The Morgan fingerprint density at radius 1 is 1.20 bits per heavy atom. The summed E-state index contributed by atoms with van der Waals surface area (Å²) in [4.78, 5) is 0. The van der Waals surface area contributed by atoms with Gasteiger partial charge in [-0.25, -0.2) is 8.78 Å². The van der Waals surface area contributed by atoms with Crippen molar-refractivity contribution >= 4 is 21.6 Å². The largest absolute Gasteiger partial charge is 0.454 e. The summed E-state index contributed by atoms with van der Waals surface area (Å²) in [5, 5.41) is 2.86. The highest BCUT2D eigenvalue weighted by molar-refractivity contribution is 9.10. The third-order valence-corrected chi connectivity index (χ3v) is 3.51. The SMILES string of the molecule is Fc1cccc(NCc2cc(Br)c3c(c2)OCO3)c1F. The van der Waals surface area contributed by atoms with E-state index in [0.717, 1.165) is 16.1 Å². The molecule has 0 aromatic heterocycles. The maximum absolute atomic E-state index is 13.5. The van der Waals surface area contributed by atoms with Gasteiger partial charge in [-0.3, -0.25) is 0 Å².